The first-order chi connectivity index (χ1) is 11.4. The Morgan fingerprint density at radius 2 is 1.83 bits per heavy atom. The van der Waals surface area contributed by atoms with E-state index in [1.807, 2.05) is 0 Å². The minimum absolute atomic E-state index is 0.0191. The molecule has 0 aliphatic rings. The number of carbonyl (C=O) groups is 1. The molecule has 0 aliphatic carbocycles. The van der Waals surface area contributed by atoms with Crippen LogP contribution in [-0.2, 0) is 4.79 Å². The quantitative estimate of drug-likeness (QED) is 0.800. The lowest BCUT2D eigenvalue weighted by atomic mass is 9.97. The topological polar surface area (TPSA) is 38.3 Å². The van der Waals surface area contributed by atoms with Crippen molar-refractivity contribution in [2.45, 2.75) is 46.3 Å². The molecule has 0 saturated carbocycles. The number of hydrogen-bond acceptors (Lipinski definition) is 2. The van der Waals surface area contributed by atoms with Crippen molar-refractivity contribution >= 4 is 17.5 Å². The molecule has 2 aromatic carbocycles. The number of aryl methyl sites for hydroxylation is 2. The molecule has 128 valence electrons. The van der Waals surface area contributed by atoms with Gasteiger partial charge in [0.2, 0.25) is 0 Å². The van der Waals surface area contributed by atoms with Crippen molar-refractivity contribution in [2.75, 3.05) is 0 Å². The summed E-state index contributed by atoms with van der Waals surface area (Å²) >= 11 is 5.86. The lowest BCUT2D eigenvalue weighted by molar-refractivity contribution is -0.128. The molecule has 3 nitrogen and oxygen atoms in total. The van der Waals surface area contributed by atoms with E-state index in [2.05, 4.69) is 44.3 Å². The van der Waals surface area contributed by atoms with Gasteiger partial charge in [-0.15, -0.1) is 0 Å². The fraction of sp³-hybridized carbons (Fsp3) is 0.350. The van der Waals surface area contributed by atoms with Crippen LogP contribution >= 0.6 is 11.6 Å². The van der Waals surface area contributed by atoms with Crippen LogP contribution in [0, 0.1) is 13.8 Å². The standard InChI is InChI=1S/C20H24ClNO2/c1-5-19(18-11-6-13(2)12-14(18)3)22-20(23)15(4)24-17-9-7-16(21)8-10-17/h6-12,15,19H,5H2,1-4H3,(H,22,23)/t15-,19-/m1/s1. The molecule has 0 bridgehead atoms. The van der Waals surface area contributed by atoms with Gasteiger partial charge in [0.15, 0.2) is 6.10 Å². The molecule has 0 unspecified atom stereocenters. The highest BCUT2D eigenvalue weighted by Crippen LogP contribution is 2.22. The molecule has 0 saturated heterocycles. The van der Waals surface area contributed by atoms with E-state index in [-0.39, 0.29) is 11.9 Å². The highest BCUT2D eigenvalue weighted by molar-refractivity contribution is 6.30. The highest BCUT2D eigenvalue weighted by Gasteiger charge is 2.20. The van der Waals surface area contributed by atoms with Crippen LogP contribution in [0.3, 0.4) is 0 Å². The second-order valence-corrected chi connectivity index (χ2v) is 6.48. The molecule has 0 aromatic heterocycles. The van der Waals surface area contributed by atoms with Crippen LogP contribution in [0.15, 0.2) is 42.5 Å². The van der Waals surface area contributed by atoms with Gasteiger partial charge in [0.25, 0.3) is 5.91 Å². The van der Waals surface area contributed by atoms with Crippen LogP contribution in [0.1, 0.15) is 43.0 Å². The zero-order valence-electron chi connectivity index (χ0n) is 14.6. The Labute approximate surface area is 149 Å². The Balaban J connectivity index is 2.04. The second kappa shape index (κ2) is 8.20. The molecule has 0 heterocycles. The van der Waals surface area contributed by atoms with E-state index >= 15 is 0 Å². The Morgan fingerprint density at radius 1 is 1.17 bits per heavy atom. The summed E-state index contributed by atoms with van der Waals surface area (Å²) in [7, 11) is 0. The molecular weight excluding hydrogens is 322 g/mol. The number of carbonyl (C=O) groups excluding carboxylic acids is 1. The lowest BCUT2D eigenvalue weighted by Crippen LogP contribution is -2.38. The first kappa shape index (κ1) is 18.3. The van der Waals surface area contributed by atoms with Gasteiger partial charge in [0, 0.05) is 5.02 Å². The zero-order chi connectivity index (χ0) is 17.7. The van der Waals surface area contributed by atoms with E-state index in [0.717, 1.165) is 12.0 Å². The summed E-state index contributed by atoms with van der Waals surface area (Å²) in [4.78, 5) is 12.5. The number of amides is 1. The predicted octanol–water partition coefficient (Wildman–Crippen LogP) is 4.99. The van der Waals surface area contributed by atoms with Crippen molar-refractivity contribution in [1.82, 2.24) is 5.32 Å². The average Bonchev–Trinajstić information content (AvgIpc) is 2.55. The first-order valence-corrected chi connectivity index (χ1v) is 8.58. The third-order valence-corrected chi connectivity index (χ3v) is 4.27. The molecule has 24 heavy (non-hydrogen) atoms. The summed E-state index contributed by atoms with van der Waals surface area (Å²) in [5.41, 5.74) is 3.56. The number of benzene rings is 2. The van der Waals surface area contributed by atoms with Gasteiger partial charge in [-0.2, -0.15) is 0 Å². The Kier molecular flexibility index (Phi) is 6.27. The average molecular weight is 346 g/mol. The smallest absolute Gasteiger partial charge is 0.261 e. The minimum Gasteiger partial charge on any atom is -0.481 e. The van der Waals surface area contributed by atoms with Gasteiger partial charge >= 0.3 is 0 Å². The van der Waals surface area contributed by atoms with Crippen molar-refractivity contribution in [1.29, 1.82) is 0 Å². The van der Waals surface area contributed by atoms with Gasteiger partial charge in [0.1, 0.15) is 5.75 Å². The van der Waals surface area contributed by atoms with Gasteiger partial charge in [-0.1, -0.05) is 42.3 Å². The maximum atomic E-state index is 12.5. The van der Waals surface area contributed by atoms with Crippen molar-refractivity contribution in [3.8, 4) is 5.75 Å². The molecule has 2 rings (SSSR count). The number of rotatable bonds is 6. The zero-order valence-corrected chi connectivity index (χ0v) is 15.4. The van der Waals surface area contributed by atoms with E-state index in [9.17, 15) is 4.79 Å². The largest absolute Gasteiger partial charge is 0.481 e. The third-order valence-electron chi connectivity index (χ3n) is 4.02. The number of nitrogens with one attached hydrogen (secondary N) is 1. The number of ether oxygens (including phenoxy) is 1. The molecule has 2 aromatic rings. The van der Waals surface area contributed by atoms with Crippen molar-refractivity contribution < 1.29 is 9.53 Å². The van der Waals surface area contributed by atoms with Crippen LogP contribution in [0.5, 0.6) is 5.75 Å². The molecule has 0 aliphatic heterocycles. The van der Waals surface area contributed by atoms with Gasteiger partial charge in [-0.25, -0.2) is 0 Å². The molecule has 1 N–H and O–H groups in total. The van der Waals surface area contributed by atoms with Crippen LogP contribution in [0.25, 0.3) is 0 Å². The summed E-state index contributed by atoms with van der Waals surface area (Å²) in [6, 6.07) is 13.3. The summed E-state index contributed by atoms with van der Waals surface area (Å²) in [6.07, 6.45) is 0.245. The molecule has 1 amide bonds. The van der Waals surface area contributed by atoms with E-state index < -0.39 is 6.10 Å². The summed E-state index contributed by atoms with van der Waals surface area (Å²) in [5, 5.41) is 3.72. The number of hydrogen-bond donors (Lipinski definition) is 1. The Bertz CT molecular complexity index is 697. The molecule has 0 spiro atoms. The summed E-state index contributed by atoms with van der Waals surface area (Å²) in [5.74, 6) is 0.499. The fourth-order valence-electron chi connectivity index (χ4n) is 2.68. The Hall–Kier alpha value is -2.00. The van der Waals surface area contributed by atoms with E-state index in [0.29, 0.717) is 10.8 Å². The Morgan fingerprint density at radius 3 is 2.42 bits per heavy atom. The van der Waals surface area contributed by atoms with Gasteiger partial charge in [-0.3, -0.25) is 4.79 Å². The molecular formula is C20H24ClNO2. The third kappa shape index (κ3) is 4.75. The molecule has 2 atom stereocenters. The van der Waals surface area contributed by atoms with Gasteiger partial charge in [-0.05, 0) is 62.6 Å². The first-order valence-electron chi connectivity index (χ1n) is 8.20. The summed E-state index contributed by atoms with van der Waals surface area (Å²) in [6.45, 7) is 7.96. The minimum atomic E-state index is -0.578. The van der Waals surface area contributed by atoms with E-state index in [1.54, 1.807) is 31.2 Å². The summed E-state index contributed by atoms with van der Waals surface area (Å²) < 4.78 is 5.69. The fourth-order valence-corrected chi connectivity index (χ4v) is 2.80. The lowest BCUT2D eigenvalue weighted by Gasteiger charge is -2.22. The number of halogens is 1. The van der Waals surface area contributed by atoms with Crippen LogP contribution in [0.4, 0.5) is 0 Å². The maximum Gasteiger partial charge on any atom is 0.261 e. The van der Waals surface area contributed by atoms with Gasteiger partial charge in [0.05, 0.1) is 6.04 Å². The van der Waals surface area contributed by atoms with Crippen LogP contribution < -0.4 is 10.1 Å². The normalized spacial score (nSPS) is 13.2. The highest BCUT2D eigenvalue weighted by atomic mass is 35.5. The SMILES string of the molecule is CC[C@@H](NC(=O)[C@@H](C)Oc1ccc(Cl)cc1)c1ccc(C)cc1C. The van der Waals surface area contributed by atoms with Crippen molar-refractivity contribution in [2.24, 2.45) is 0 Å². The molecule has 0 radical (unpaired) electrons. The van der Waals surface area contributed by atoms with Crippen LogP contribution in [-0.4, -0.2) is 12.0 Å². The van der Waals surface area contributed by atoms with Crippen molar-refractivity contribution in [3.63, 3.8) is 0 Å². The van der Waals surface area contributed by atoms with E-state index in [1.165, 1.54) is 11.1 Å². The van der Waals surface area contributed by atoms with Crippen LogP contribution in [0.2, 0.25) is 5.02 Å². The van der Waals surface area contributed by atoms with Crippen molar-refractivity contribution in [3.05, 3.63) is 64.2 Å². The predicted molar refractivity (Wildman–Crippen MR) is 98.6 cm³/mol. The monoisotopic (exact) mass is 345 g/mol. The molecule has 0 fully saturated rings. The van der Waals surface area contributed by atoms with Gasteiger partial charge < -0.3 is 10.1 Å². The maximum absolute atomic E-state index is 12.5. The van der Waals surface area contributed by atoms with E-state index in [4.69, 9.17) is 16.3 Å². The second-order valence-electron chi connectivity index (χ2n) is 6.04. The molecule has 4 heteroatoms.